The minimum Gasteiger partial charge on any atom is -0.309 e. The Morgan fingerprint density at radius 3 is 1.67 bits per heavy atom. The van der Waals surface area contributed by atoms with E-state index in [0.717, 1.165) is 6.42 Å². The van der Waals surface area contributed by atoms with E-state index in [-0.39, 0.29) is 0 Å². The highest BCUT2D eigenvalue weighted by atomic mass is 15.0. The van der Waals surface area contributed by atoms with Gasteiger partial charge >= 0.3 is 0 Å². The molecule has 11 rings (SSSR count). The van der Waals surface area contributed by atoms with Crippen LogP contribution >= 0.6 is 0 Å². The molecule has 0 N–H and O–H groups in total. The maximum Gasteiger partial charge on any atom is 0.0626 e. The topological polar surface area (TPSA) is 4.93 Å². The van der Waals surface area contributed by atoms with Crippen molar-refractivity contribution in [2.24, 2.45) is 0 Å². The van der Waals surface area contributed by atoms with Gasteiger partial charge in [0.25, 0.3) is 0 Å². The summed E-state index contributed by atoms with van der Waals surface area (Å²) in [7, 11) is 0. The minimum absolute atomic E-state index is 1.12. The Bertz CT molecular complexity index is 2890. The van der Waals surface area contributed by atoms with E-state index in [1.165, 1.54) is 105 Å². The van der Waals surface area contributed by atoms with Gasteiger partial charge in [-0.15, -0.1) is 0 Å². The molecule has 8 aromatic carbocycles. The second kappa shape index (κ2) is 10.2. The van der Waals surface area contributed by atoms with E-state index < -0.39 is 0 Å². The molecule has 1 nitrogen and oxygen atoms in total. The summed E-state index contributed by atoms with van der Waals surface area (Å²) in [5.74, 6) is 0. The molecule has 1 aromatic heterocycles. The summed E-state index contributed by atoms with van der Waals surface area (Å²) in [5, 5.41) is 11.1. The van der Waals surface area contributed by atoms with Crippen molar-refractivity contribution in [2.45, 2.75) is 12.8 Å². The number of hydrogen-bond acceptors (Lipinski definition) is 0. The van der Waals surface area contributed by atoms with Crippen molar-refractivity contribution in [3.63, 3.8) is 0 Å². The fourth-order valence-corrected chi connectivity index (χ4v) is 8.64. The molecule has 228 valence electrons. The van der Waals surface area contributed by atoms with E-state index in [9.17, 15) is 0 Å². The lowest BCUT2D eigenvalue weighted by molar-refractivity contribution is 1.13. The van der Waals surface area contributed by atoms with Crippen LogP contribution in [0.15, 0.2) is 158 Å². The van der Waals surface area contributed by atoms with Gasteiger partial charge in [-0.2, -0.15) is 0 Å². The van der Waals surface area contributed by atoms with Gasteiger partial charge in [0.05, 0.1) is 11.0 Å². The quantitative estimate of drug-likeness (QED) is 0.172. The fourth-order valence-electron chi connectivity index (χ4n) is 8.64. The Labute approximate surface area is 284 Å². The summed E-state index contributed by atoms with van der Waals surface area (Å²) in [6.07, 6.45) is 4.80. The van der Waals surface area contributed by atoms with E-state index in [1.54, 1.807) is 5.57 Å². The third kappa shape index (κ3) is 3.93. The van der Waals surface area contributed by atoms with Crippen LogP contribution in [0.1, 0.15) is 18.4 Å². The molecule has 0 saturated heterocycles. The zero-order valence-electron chi connectivity index (χ0n) is 26.9. The summed E-state index contributed by atoms with van der Waals surface area (Å²) in [6, 6.07) is 58.1. The van der Waals surface area contributed by atoms with Crippen LogP contribution in [-0.4, -0.2) is 4.57 Å². The fraction of sp³-hybridized carbons (Fsp3) is 0.0417. The predicted octanol–water partition coefficient (Wildman–Crippen LogP) is 11.2. The number of fused-ring (bicyclic) bond motifs is 10. The molecule has 0 fully saturated rings. The number of nitrogens with zero attached hydrogens (tertiary/aromatic N) is 1. The van der Waals surface area contributed by atoms with E-state index >= 15 is 0 Å². The Balaban J connectivity index is 1.16. The lowest BCUT2D eigenvalue weighted by Crippen LogP contribution is -2.20. The van der Waals surface area contributed by atoms with Crippen molar-refractivity contribution in [3.8, 4) is 39.1 Å². The van der Waals surface area contributed by atoms with Crippen molar-refractivity contribution in [1.82, 2.24) is 4.57 Å². The standard InChI is InChI=1S/C48H31N/c1-3-12-30(13-4-1)33-26-34(31-14-5-2-6-15-31)28-35(27-33)32-22-24-36(25-23-32)49-44-21-10-9-18-40(44)47-46-41-20-11-19-38-43(45(38)41)29-42(46)37-16-7-8-17-39(37)48(47)49/h1-10,12-18,20-29H,11,19H2. The van der Waals surface area contributed by atoms with Crippen LogP contribution in [0, 0.1) is 0 Å². The molecule has 0 unspecified atom stereocenters. The Kier molecular flexibility index (Phi) is 5.57. The van der Waals surface area contributed by atoms with Crippen molar-refractivity contribution < 1.29 is 0 Å². The Morgan fingerprint density at radius 2 is 1.00 bits per heavy atom. The summed E-state index contributed by atoms with van der Waals surface area (Å²) < 4.78 is 2.51. The van der Waals surface area contributed by atoms with Crippen LogP contribution in [0.3, 0.4) is 0 Å². The summed E-state index contributed by atoms with van der Waals surface area (Å²) in [5.41, 5.74) is 14.1. The van der Waals surface area contributed by atoms with E-state index in [0.29, 0.717) is 0 Å². The first kappa shape index (κ1) is 26.8. The number of para-hydroxylation sites is 1. The molecule has 0 atom stereocenters. The van der Waals surface area contributed by atoms with Crippen LogP contribution in [0.5, 0.6) is 0 Å². The molecule has 0 saturated carbocycles. The van der Waals surface area contributed by atoms with Crippen molar-refractivity contribution >= 4 is 55.0 Å². The summed E-state index contributed by atoms with van der Waals surface area (Å²) in [6.45, 7) is 0. The van der Waals surface area contributed by atoms with Crippen LogP contribution in [0.4, 0.5) is 0 Å². The van der Waals surface area contributed by atoms with Crippen LogP contribution in [-0.2, 0) is 0 Å². The van der Waals surface area contributed by atoms with Gasteiger partial charge in [-0.05, 0) is 126 Å². The average Bonchev–Trinajstić information content (AvgIpc) is 3.78. The highest BCUT2D eigenvalue weighted by Crippen LogP contribution is 2.43. The normalized spacial score (nSPS) is 13.3. The van der Waals surface area contributed by atoms with Gasteiger partial charge in [0.2, 0.25) is 0 Å². The molecule has 2 aliphatic rings. The van der Waals surface area contributed by atoms with Crippen LogP contribution < -0.4 is 10.4 Å². The zero-order chi connectivity index (χ0) is 32.1. The lowest BCUT2D eigenvalue weighted by atomic mass is 9.93. The van der Waals surface area contributed by atoms with E-state index in [2.05, 4.69) is 168 Å². The number of rotatable bonds is 4. The third-order valence-electron chi connectivity index (χ3n) is 10.9. The predicted molar refractivity (Wildman–Crippen MR) is 208 cm³/mol. The average molecular weight is 622 g/mol. The number of hydrogen-bond donors (Lipinski definition) is 0. The Hall–Kier alpha value is -6.18. The van der Waals surface area contributed by atoms with E-state index in [4.69, 9.17) is 0 Å². The van der Waals surface area contributed by atoms with Crippen molar-refractivity contribution in [2.75, 3.05) is 0 Å². The molecular weight excluding hydrogens is 591 g/mol. The molecule has 9 aromatic rings. The Morgan fingerprint density at radius 1 is 0.429 bits per heavy atom. The highest BCUT2D eigenvalue weighted by Gasteiger charge is 2.27. The monoisotopic (exact) mass is 621 g/mol. The molecule has 0 bridgehead atoms. The van der Waals surface area contributed by atoms with Gasteiger partial charge in [-0.1, -0.05) is 121 Å². The zero-order valence-corrected chi connectivity index (χ0v) is 26.9. The van der Waals surface area contributed by atoms with Gasteiger partial charge < -0.3 is 4.57 Å². The third-order valence-corrected chi connectivity index (χ3v) is 10.9. The second-order valence-electron chi connectivity index (χ2n) is 13.6. The van der Waals surface area contributed by atoms with Crippen LogP contribution in [0.2, 0.25) is 0 Å². The smallest absolute Gasteiger partial charge is 0.0626 e. The highest BCUT2D eigenvalue weighted by molar-refractivity contribution is 6.32. The first-order chi connectivity index (χ1) is 24.3. The van der Waals surface area contributed by atoms with Gasteiger partial charge in [0.15, 0.2) is 0 Å². The summed E-state index contributed by atoms with van der Waals surface area (Å²) in [4.78, 5) is 0. The molecule has 1 heterocycles. The lowest BCUT2D eigenvalue weighted by Gasteiger charge is -2.14. The SMILES string of the molecule is C1=c2c3c(cc4c5ccccc5c5c(c6ccccc6n5-c5ccc(-c6cc(-c7ccccc7)cc(-c7ccccc7)c6)cc5)c24)C=3CC1. The van der Waals surface area contributed by atoms with Crippen molar-refractivity contribution in [3.05, 3.63) is 174 Å². The van der Waals surface area contributed by atoms with Gasteiger partial charge in [-0.25, -0.2) is 0 Å². The largest absolute Gasteiger partial charge is 0.309 e. The molecular formula is C48H31N. The maximum atomic E-state index is 2.51. The van der Waals surface area contributed by atoms with Gasteiger partial charge in [0.1, 0.15) is 0 Å². The number of benzene rings is 8. The molecule has 49 heavy (non-hydrogen) atoms. The molecule has 1 heteroatoms. The molecule has 0 amide bonds. The molecule has 0 aliphatic heterocycles. The summed E-state index contributed by atoms with van der Waals surface area (Å²) >= 11 is 0. The molecule has 0 spiro atoms. The van der Waals surface area contributed by atoms with Crippen molar-refractivity contribution in [1.29, 1.82) is 0 Å². The molecule has 2 aliphatic carbocycles. The van der Waals surface area contributed by atoms with Gasteiger partial charge in [0, 0.05) is 21.8 Å². The van der Waals surface area contributed by atoms with Gasteiger partial charge in [-0.3, -0.25) is 0 Å². The second-order valence-corrected chi connectivity index (χ2v) is 13.6. The van der Waals surface area contributed by atoms with E-state index in [1.807, 2.05) is 0 Å². The number of aromatic nitrogens is 1. The minimum atomic E-state index is 1.12. The molecule has 0 radical (unpaired) electrons. The first-order valence-corrected chi connectivity index (χ1v) is 17.3. The maximum absolute atomic E-state index is 2.51. The van der Waals surface area contributed by atoms with Crippen LogP contribution in [0.25, 0.3) is 94.1 Å². The first-order valence-electron chi connectivity index (χ1n) is 17.3.